The van der Waals surface area contributed by atoms with Crippen molar-refractivity contribution in [3.05, 3.63) is 42.0 Å². The quantitative estimate of drug-likeness (QED) is 0.853. The fourth-order valence-electron chi connectivity index (χ4n) is 1.70. The number of rotatable bonds is 3. The van der Waals surface area contributed by atoms with Crippen LogP contribution in [0.15, 0.2) is 30.6 Å². The van der Waals surface area contributed by atoms with E-state index >= 15 is 0 Å². The number of nitrogens with zero attached hydrogens (tertiary/aromatic N) is 4. The van der Waals surface area contributed by atoms with Crippen molar-refractivity contribution in [2.75, 3.05) is 14.1 Å². The summed E-state index contributed by atoms with van der Waals surface area (Å²) in [5, 5.41) is 12.9. The van der Waals surface area contributed by atoms with E-state index in [2.05, 4.69) is 5.10 Å². The molecule has 0 aliphatic carbocycles. The second kappa shape index (κ2) is 5.53. The van der Waals surface area contributed by atoms with Crippen LogP contribution in [-0.4, -0.2) is 34.7 Å². The van der Waals surface area contributed by atoms with E-state index in [9.17, 15) is 9.18 Å². The van der Waals surface area contributed by atoms with Crippen molar-refractivity contribution in [1.29, 1.82) is 5.26 Å². The third kappa shape index (κ3) is 3.01. The molecule has 2 rings (SSSR count). The van der Waals surface area contributed by atoms with Crippen LogP contribution in [0.3, 0.4) is 0 Å². The zero-order valence-electron chi connectivity index (χ0n) is 11.2. The van der Waals surface area contributed by atoms with E-state index in [4.69, 9.17) is 5.26 Å². The van der Waals surface area contributed by atoms with Gasteiger partial charge in [-0.3, -0.25) is 9.48 Å². The van der Waals surface area contributed by atoms with Crippen molar-refractivity contribution in [2.45, 2.75) is 6.54 Å². The lowest BCUT2D eigenvalue weighted by Gasteiger charge is -2.09. The minimum Gasteiger partial charge on any atom is -0.347 e. The Balaban J connectivity index is 2.27. The van der Waals surface area contributed by atoms with Gasteiger partial charge in [-0.25, -0.2) is 4.39 Å². The molecule has 0 N–H and O–H groups in total. The van der Waals surface area contributed by atoms with Gasteiger partial charge >= 0.3 is 0 Å². The predicted octanol–water partition coefficient (Wildman–Crippen LogP) is 1.65. The number of aromatic nitrogens is 2. The van der Waals surface area contributed by atoms with E-state index in [0.717, 1.165) is 0 Å². The fraction of sp³-hybridized carbons (Fsp3) is 0.214. The Kier molecular flexibility index (Phi) is 3.80. The summed E-state index contributed by atoms with van der Waals surface area (Å²) in [5.41, 5.74) is 1.47. The molecule has 0 atom stereocenters. The molecule has 6 heteroatoms. The van der Waals surface area contributed by atoms with Gasteiger partial charge < -0.3 is 4.90 Å². The Bertz CT molecular complexity index is 685. The first-order valence-electron chi connectivity index (χ1n) is 5.93. The second-order valence-electron chi connectivity index (χ2n) is 4.56. The summed E-state index contributed by atoms with van der Waals surface area (Å²) < 4.78 is 14.9. The Morgan fingerprint density at radius 3 is 2.80 bits per heavy atom. The van der Waals surface area contributed by atoms with Crippen LogP contribution in [0, 0.1) is 17.1 Å². The van der Waals surface area contributed by atoms with E-state index in [1.54, 1.807) is 32.6 Å². The Hall–Kier alpha value is -2.68. The average Bonchev–Trinajstić information content (AvgIpc) is 2.86. The highest BCUT2D eigenvalue weighted by Crippen LogP contribution is 2.21. The molecule has 1 amide bonds. The van der Waals surface area contributed by atoms with Gasteiger partial charge in [-0.15, -0.1) is 0 Å². The lowest BCUT2D eigenvalue weighted by molar-refractivity contribution is -0.129. The molecule has 0 aliphatic heterocycles. The molecule has 20 heavy (non-hydrogen) atoms. The minimum absolute atomic E-state index is 0.0865. The molecule has 0 fully saturated rings. The lowest BCUT2D eigenvalue weighted by Crippen LogP contribution is -2.26. The zero-order chi connectivity index (χ0) is 14.7. The topological polar surface area (TPSA) is 61.9 Å². The first-order chi connectivity index (χ1) is 9.49. The van der Waals surface area contributed by atoms with Gasteiger partial charge in [0, 0.05) is 25.9 Å². The van der Waals surface area contributed by atoms with E-state index in [1.807, 2.05) is 6.07 Å². The van der Waals surface area contributed by atoms with E-state index in [1.165, 1.54) is 21.7 Å². The Morgan fingerprint density at radius 2 is 2.15 bits per heavy atom. The zero-order valence-corrected chi connectivity index (χ0v) is 11.2. The number of hydrogen-bond donors (Lipinski definition) is 0. The minimum atomic E-state index is -0.476. The van der Waals surface area contributed by atoms with Gasteiger partial charge in [-0.2, -0.15) is 10.4 Å². The van der Waals surface area contributed by atoms with Crippen molar-refractivity contribution in [2.24, 2.45) is 0 Å². The normalized spacial score (nSPS) is 10.1. The van der Waals surface area contributed by atoms with Gasteiger partial charge in [0.1, 0.15) is 12.4 Å². The van der Waals surface area contributed by atoms with Crippen LogP contribution in [0.4, 0.5) is 4.39 Å². The van der Waals surface area contributed by atoms with Crippen LogP contribution in [0.2, 0.25) is 0 Å². The van der Waals surface area contributed by atoms with E-state index < -0.39 is 5.82 Å². The maximum absolute atomic E-state index is 13.4. The highest BCUT2D eigenvalue weighted by molar-refractivity contribution is 5.75. The summed E-state index contributed by atoms with van der Waals surface area (Å²) in [7, 11) is 3.33. The molecular formula is C14H13FN4O. The van der Waals surface area contributed by atoms with Crippen molar-refractivity contribution >= 4 is 5.91 Å². The predicted molar refractivity (Wildman–Crippen MR) is 71.0 cm³/mol. The summed E-state index contributed by atoms with van der Waals surface area (Å²) >= 11 is 0. The number of benzene rings is 1. The third-order valence-corrected chi connectivity index (χ3v) is 2.79. The van der Waals surface area contributed by atoms with Gasteiger partial charge in [0.25, 0.3) is 0 Å². The largest absolute Gasteiger partial charge is 0.347 e. The third-order valence-electron chi connectivity index (χ3n) is 2.79. The summed E-state index contributed by atoms with van der Waals surface area (Å²) in [4.78, 5) is 13.0. The van der Waals surface area contributed by atoms with Gasteiger partial charge in [-0.1, -0.05) is 0 Å². The van der Waals surface area contributed by atoms with E-state index in [-0.39, 0.29) is 18.0 Å². The number of nitriles is 1. The first-order valence-corrected chi connectivity index (χ1v) is 5.93. The number of halogens is 1. The number of hydrogen-bond acceptors (Lipinski definition) is 3. The summed E-state index contributed by atoms with van der Waals surface area (Å²) in [5.74, 6) is -0.562. The maximum atomic E-state index is 13.4. The molecule has 0 bridgehead atoms. The molecule has 2 aromatic rings. The molecule has 0 saturated carbocycles. The molecule has 0 unspecified atom stereocenters. The standard InChI is InChI=1S/C14H13FN4O/c1-18(2)14(20)9-19-8-12(7-17-19)11-3-10(6-16)4-13(15)5-11/h3-5,7-8H,9H2,1-2H3. The molecule has 0 radical (unpaired) electrons. The maximum Gasteiger partial charge on any atom is 0.243 e. The van der Waals surface area contributed by atoms with Gasteiger partial charge in [0.05, 0.1) is 17.8 Å². The molecule has 1 heterocycles. The molecule has 5 nitrogen and oxygen atoms in total. The number of amides is 1. The molecule has 1 aromatic carbocycles. The SMILES string of the molecule is CN(C)C(=O)Cn1cc(-c2cc(F)cc(C#N)c2)cn1. The van der Waals surface area contributed by atoms with Crippen molar-refractivity contribution in [3.63, 3.8) is 0 Å². The molecular weight excluding hydrogens is 259 g/mol. The number of carbonyl (C=O) groups excluding carboxylic acids is 1. The summed E-state index contributed by atoms with van der Waals surface area (Å²) in [6.45, 7) is 0.118. The van der Waals surface area contributed by atoms with Crippen molar-refractivity contribution in [3.8, 4) is 17.2 Å². The van der Waals surface area contributed by atoms with Crippen LogP contribution in [0.5, 0.6) is 0 Å². The lowest BCUT2D eigenvalue weighted by atomic mass is 10.1. The highest BCUT2D eigenvalue weighted by Gasteiger charge is 2.09. The van der Waals surface area contributed by atoms with Crippen LogP contribution in [0.25, 0.3) is 11.1 Å². The molecule has 1 aromatic heterocycles. The highest BCUT2D eigenvalue weighted by atomic mass is 19.1. The molecule has 0 saturated heterocycles. The second-order valence-corrected chi connectivity index (χ2v) is 4.56. The average molecular weight is 272 g/mol. The summed E-state index contributed by atoms with van der Waals surface area (Å²) in [6, 6.07) is 5.98. The summed E-state index contributed by atoms with van der Waals surface area (Å²) in [6.07, 6.45) is 3.19. The number of likely N-dealkylation sites (N-methyl/N-ethyl adjacent to an activating group) is 1. The number of carbonyl (C=O) groups is 1. The van der Waals surface area contributed by atoms with Crippen LogP contribution in [0.1, 0.15) is 5.56 Å². The van der Waals surface area contributed by atoms with Crippen LogP contribution < -0.4 is 0 Å². The molecule has 0 spiro atoms. The monoisotopic (exact) mass is 272 g/mol. The molecule has 0 aliphatic rings. The Labute approximate surface area is 115 Å². The van der Waals surface area contributed by atoms with Gasteiger partial charge in [0.15, 0.2) is 0 Å². The van der Waals surface area contributed by atoms with Gasteiger partial charge in [0.2, 0.25) is 5.91 Å². The molecule has 102 valence electrons. The van der Waals surface area contributed by atoms with Crippen molar-refractivity contribution in [1.82, 2.24) is 14.7 Å². The first kappa shape index (κ1) is 13.7. The van der Waals surface area contributed by atoms with E-state index in [0.29, 0.717) is 11.1 Å². The van der Waals surface area contributed by atoms with Crippen molar-refractivity contribution < 1.29 is 9.18 Å². The van der Waals surface area contributed by atoms with Crippen LogP contribution in [-0.2, 0) is 11.3 Å². The Morgan fingerprint density at radius 1 is 1.40 bits per heavy atom. The fourth-order valence-corrected chi connectivity index (χ4v) is 1.70. The smallest absolute Gasteiger partial charge is 0.243 e. The van der Waals surface area contributed by atoms with Gasteiger partial charge in [-0.05, 0) is 23.8 Å². The van der Waals surface area contributed by atoms with Crippen LogP contribution >= 0.6 is 0 Å².